The minimum atomic E-state index is -0.885. The zero-order valence-corrected chi connectivity index (χ0v) is 10.6. The summed E-state index contributed by atoms with van der Waals surface area (Å²) in [4.78, 5) is 10.4. The minimum Gasteiger partial charge on any atom is -0.480 e. The third-order valence-corrected chi connectivity index (χ3v) is 2.85. The lowest BCUT2D eigenvalue weighted by Crippen LogP contribution is -2.13. The van der Waals surface area contributed by atoms with Gasteiger partial charge in [-0.25, -0.2) is 0 Å². The van der Waals surface area contributed by atoms with Crippen molar-refractivity contribution in [2.24, 2.45) is 0 Å². The summed E-state index contributed by atoms with van der Waals surface area (Å²) in [6, 6.07) is 3.85. The van der Waals surface area contributed by atoms with E-state index in [9.17, 15) is 4.79 Å². The molecule has 0 unspecified atom stereocenters. The molecule has 0 radical (unpaired) electrons. The van der Waals surface area contributed by atoms with Crippen molar-refractivity contribution in [3.63, 3.8) is 0 Å². The molecule has 0 atom stereocenters. The number of carbonyl (C=O) groups is 1. The Morgan fingerprint density at radius 3 is 2.36 bits per heavy atom. The Labute approximate surface area is 98.8 Å². The van der Waals surface area contributed by atoms with Gasteiger partial charge >= 0.3 is 5.97 Å². The van der Waals surface area contributed by atoms with Crippen LogP contribution in [0, 0.1) is 6.92 Å². The van der Waals surface area contributed by atoms with E-state index in [1.807, 2.05) is 19.1 Å². The van der Waals surface area contributed by atoms with Gasteiger partial charge in [-0.15, -0.1) is 0 Å². The average Bonchev–Trinajstić information content (AvgIpc) is 2.01. The molecule has 0 saturated carbocycles. The van der Waals surface area contributed by atoms with Gasteiger partial charge in [0.25, 0.3) is 0 Å². The van der Waals surface area contributed by atoms with Crippen molar-refractivity contribution in [1.82, 2.24) is 0 Å². The fraction of sp³-hybridized carbons (Fsp3) is 0.222. The third-order valence-electron chi connectivity index (χ3n) is 1.60. The summed E-state index contributed by atoms with van der Waals surface area (Å²) >= 11 is 6.73. The van der Waals surface area contributed by atoms with E-state index in [1.54, 1.807) is 0 Å². The predicted molar refractivity (Wildman–Crippen MR) is 62.7 cm³/mol. The third kappa shape index (κ3) is 2.99. The van der Waals surface area contributed by atoms with Crippen LogP contribution in [0.1, 0.15) is 5.56 Å². The molecule has 1 rings (SSSR count). The van der Waals surface area contributed by atoms with Crippen molar-refractivity contribution >= 4 is 43.5 Å². The number of benzene rings is 1. The fourth-order valence-corrected chi connectivity index (χ4v) is 2.73. The molecule has 0 bridgehead atoms. The largest absolute Gasteiger partial charge is 0.480 e. The van der Waals surface area contributed by atoms with Crippen molar-refractivity contribution in [2.75, 3.05) is 11.9 Å². The molecule has 0 heterocycles. The second-order valence-electron chi connectivity index (χ2n) is 2.85. The molecule has 14 heavy (non-hydrogen) atoms. The first-order valence-electron chi connectivity index (χ1n) is 3.92. The number of hydrogen-bond donors (Lipinski definition) is 2. The van der Waals surface area contributed by atoms with Gasteiger partial charge in [0, 0.05) is 8.95 Å². The van der Waals surface area contributed by atoms with Gasteiger partial charge in [0.2, 0.25) is 0 Å². The van der Waals surface area contributed by atoms with E-state index >= 15 is 0 Å². The maximum atomic E-state index is 10.4. The molecule has 0 aliphatic rings. The van der Waals surface area contributed by atoms with Gasteiger partial charge in [0.1, 0.15) is 6.54 Å². The highest BCUT2D eigenvalue weighted by molar-refractivity contribution is 9.11. The molecule has 3 nitrogen and oxygen atoms in total. The van der Waals surface area contributed by atoms with Gasteiger partial charge in [0.05, 0.1) is 5.69 Å². The van der Waals surface area contributed by atoms with Gasteiger partial charge in [-0.05, 0) is 56.5 Å². The zero-order chi connectivity index (χ0) is 10.7. The summed E-state index contributed by atoms with van der Waals surface area (Å²) in [5.74, 6) is -0.885. The van der Waals surface area contributed by atoms with Gasteiger partial charge < -0.3 is 10.4 Å². The molecule has 0 aliphatic heterocycles. The Balaban J connectivity index is 2.91. The van der Waals surface area contributed by atoms with Gasteiger partial charge in [-0.2, -0.15) is 0 Å². The number of carboxylic acids is 1. The lowest BCUT2D eigenvalue weighted by Gasteiger charge is -2.09. The topological polar surface area (TPSA) is 49.3 Å². The van der Waals surface area contributed by atoms with E-state index < -0.39 is 5.97 Å². The van der Waals surface area contributed by atoms with E-state index in [2.05, 4.69) is 37.2 Å². The Morgan fingerprint density at radius 2 is 1.93 bits per heavy atom. The second kappa shape index (κ2) is 4.79. The second-order valence-corrected chi connectivity index (χ2v) is 4.56. The van der Waals surface area contributed by atoms with E-state index in [-0.39, 0.29) is 6.54 Å². The average molecular weight is 323 g/mol. The number of carboxylic acid groups (broad SMARTS) is 1. The van der Waals surface area contributed by atoms with Crippen molar-refractivity contribution in [1.29, 1.82) is 0 Å². The molecule has 0 spiro atoms. The van der Waals surface area contributed by atoms with E-state index in [0.717, 1.165) is 20.2 Å². The first-order valence-corrected chi connectivity index (χ1v) is 5.50. The minimum absolute atomic E-state index is 0.0970. The number of hydrogen-bond acceptors (Lipinski definition) is 2. The summed E-state index contributed by atoms with van der Waals surface area (Å²) in [6.45, 7) is 1.87. The van der Waals surface area contributed by atoms with Crippen LogP contribution in [0.15, 0.2) is 21.1 Å². The Kier molecular flexibility index (Phi) is 3.95. The fourth-order valence-electron chi connectivity index (χ4n) is 1.03. The summed E-state index contributed by atoms with van der Waals surface area (Å²) < 4.78 is 1.70. The zero-order valence-electron chi connectivity index (χ0n) is 7.47. The molecule has 0 fully saturated rings. The summed E-state index contributed by atoms with van der Waals surface area (Å²) in [5, 5.41) is 11.3. The molecule has 76 valence electrons. The Bertz CT molecular complexity index is 343. The van der Waals surface area contributed by atoms with Crippen molar-refractivity contribution in [3.8, 4) is 0 Å². The lowest BCUT2D eigenvalue weighted by atomic mass is 10.2. The van der Waals surface area contributed by atoms with Crippen molar-refractivity contribution in [2.45, 2.75) is 6.92 Å². The van der Waals surface area contributed by atoms with Crippen molar-refractivity contribution < 1.29 is 9.90 Å². The van der Waals surface area contributed by atoms with E-state index in [0.29, 0.717) is 0 Å². The predicted octanol–water partition coefficient (Wildman–Crippen LogP) is 3.02. The van der Waals surface area contributed by atoms with Crippen LogP contribution in [0.3, 0.4) is 0 Å². The standard InChI is InChI=1S/C9H9Br2NO2/c1-5-2-6(10)9(7(11)3-5)12-4-8(13)14/h2-3,12H,4H2,1H3,(H,13,14). The maximum absolute atomic E-state index is 10.4. The molecule has 1 aromatic rings. The van der Waals surface area contributed by atoms with Gasteiger partial charge in [0.15, 0.2) is 0 Å². The van der Waals surface area contributed by atoms with Crippen LogP contribution in [-0.4, -0.2) is 17.6 Å². The van der Waals surface area contributed by atoms with Crippen LogP contribution in [-0.2, 0) is 4.79 Å². The van der Waals surface area contributed by atoms with Crippen LogP contribution < -0.4 is 5.32 Å². The molecular weight excluding hydrogens is 314 g/mol. The van der Waals surface area contributed by atoms with E-state index in [4.69, 9.17) is 5.11 Å². The van der Waals surface area contributed by atoms with Gasteiger partial charge in [-0.3, -0.25) is 4.79 Å². The number of aryl methyl sites for hydroxylation is 1. The van der Waals surface area contributed by atoms with Crippen molar-refractivity contribution in [3.05, 3.63) is 26.6 Å². The van der Waals surface area contributed by atoms with Crippen LogP contribution in [0.4, 0.5) is 5.69 Å². The van der Waals surface area contributed by atoms with Crippen LogP contribution in [0.5, 0.6) is 0 Å². The van der Waals surface area contributed by atoms with Crippen LogP contribution in [0.25, 0.3) is 0 Å². The number of anilines is 1. The van der Waals surface area contributed by atoms with Crippen LogP contribution >= 0.6 is 31.9 Å². The number of nitrogens with one attached hydrogen (secondary N) is 1. The molecule has 1 aromatic carbocycles. The molecule has 0 aliphatic carbocycles. The normalized spacial score (nSPS) is 9.93. The number of rotatable bonds is 3. The molecule has 2 N–H and O–H groups in total. The summed E-state index contributed by atoms with van der Waals surface area (Å²) in [5.41, 5.74) is 1.86. The molecule has 0 aromatic heterocycles. The Morgan fingerprint density at radius 1 is 1.43 bits per heavy atom. The molecule has 0 saturated heterocycles. The molecule has 0 amide bonds. The quantitative estimate of drug-likeness (QED) is 0.899. The highest BCUT2D eigenvalue weighted by Crippen LogP contribution is 2.31. The summed E-state index contributed by atoms with van der Waals surface area (Å²) in [6.07, 6.45) is 0. The Hall–Kier alpha value is -0.550. The molecular formula is C9H9Br2NO2. The number of aliphatic carboxylic acids is 1. The smallest absolute Gasteiger partial charge is 0.322 e. The first kappa shape index (κ1) is 11.5. The molecule has 5 heteroatoms. The van der Waals surface area contributed by atoms with E-state index in [1.165, 1.54) is 0 Å². The first-order chi connectivity index (χ1) is 6.50. The highest BCUT2D eigenvalue weighted by Gasteiger charge is 2.06. The lowest BCUT2D eigenvalue weighted by molar-refractivity contribution is -0.134. The SMILES string of the molecule is Cc1cc(Br)c(NCC(=O)O)c(Br)c1. The van der Waals surface area contributed by atoms with Crippen LogP contribution in [0.2, 0.25) is 0 Å². The maximum Gasteiger partial charge on any atom is 0.322 e. The van der Waals surface area contributed by atoms with Gasteiger partial charge in [-0.1, -0.05) is 0 Å². The summed E-state index contributed by atoms with van der Waals surface area (Å²) in [7, 11) is 0. The number of halogens is 2. The highest BCUT2D eigenvalue weighted by atomic mass is 79.9. The monoisotopic (exact) mass is 321 g/mol.